The zero-order valence-corrected chi connectivity index (χ0v) is 19.5. The van der Waals surface area contributed by atoms with Crippen LogP contribution < -0.4 is 5.73 Å². The zero-order valence-electron chi connectivity index (χ0n) is 18.7. The van der Waals surface area contributed by atoms with Gasteiger partial charge >= 0.3 is 0 Å². The van der Waals surface area contributed by atoms with E-state index in [1.807, 2.05) is 47.1 Å². The number of fused-ring (bicyclic) bond motifs is 2. The molecule has 7 heteroatoms. The molecular weight excluding hydrogens is 444 g/mol. The Morgan fingerprint density at radius 2 is 1.79 bits per heavy atom. The number of nitrogens with zero attached hydrogens (tertiary/aromatic N) is 5. The SMILES string of the molecule is NCC1CCC(c2nc(-c3cc4nc(-c5ccccc5)ccc4cc3Cl)c3cncnn23)CC1. The van der Waals surface area contributed by atoms with Crippen molar-refractivity contribution in [2.24, 2.45) is 11.7 Å². The standard InChI is InChI=1S/C27H25ClN6/c28-22-12-20-10-11-23(18-4-2-1-3-5-18)32-24(20)13-21(22)26-25-15-30-16-31-34(25)27(33-26)19-8-6-17(14-29)7-9-19/h1-5,10-13,15-17,19H,6-9,14,29H2. The summed E-state index contributed by atoms with van der Waals surface area (Å²) in [5.74, 6) is 1.93. The Bertz CT molecular complexity index is 1470. The topological polar surface area (TPSA) is 82.0 Å². The lowest BCUT2D eigenvalue weighted by molar-refractivity contribution is 0.323. The van der Waals surface area contributed by atoms with Gasteiger partial charge in [0.25, 0.3) is 0 Å². The molecule has 1 aliphatic carbocycles. The van der Waals surface area contributed by atoms with E-state index >= 15 is 0 Å². The number of hydrogen-bond acceptors (Lipinski definition) is 5. The summed E-state index contributed by atoms with van der Waals surface area (Å²) in [5.41, 5.74) is 11.3. The van der Waals surface area contributed by atoms with Crippen molar-refractivity contribution in [1.82, 2.24) is 24.6 Å². The van der Waals surface area contributed by atoms with E-state index in [4.69, 9.17) is 27.3 Å². The van der Waals surface area contributed by atoms with E-state index in [0.717, 1.165) is 77.0 Å². The van der Waals surface area contributed by atoms with Gasteiger partial charge < -0.3 is 5.73 Å². The van der Waals surface area contributed by atoms with Crippen LogP contribution in [0.15, 0.2) is 67.1 Å². The summed E-state index contributed by atoms with van der Waals surface area (Å²) in [4.78, 5) is 14.3. The summed E-state index contributed by atoms with van der Waals surface area (Å²) in [5, 5.41) is 6.18. The highest BCUT2D eigenvalue weighted by atomic mass is 35.5. The van der Waals surface area contributed by atoms with Crippen LogP contribution >= 0.6 is 11.6 Å². The Labute approximate surface area is 202 Å². The summed E-state index contributed by atoms with van der Waals surface area (Å²) in [7, 11) is 0. The molecule has 1 aliphatic rings. The summed E-state index contributed by atoms with van der Waals surface area (Å²) in [6.45, 7) is 0.757. The minimum atomic E-state index is 0.348. The lowest BCUT2D eigenvalue weighted by Crippen LogP contribution is -2.21. The van der Waals surface area contributed by atoms with E-state index in [0.29, 0.717) is 16.9 Å². The van der Waals surface area contributed by atoms with Gasteiger partial charge in [0.05, 0.1) is 22.4 Å². The fraction of sp³-hybridized carbons (Fsp3) is 0.259. The molecule has 0 aliphatic heterocycles. The first kappa shape index (κ1) is 21.2. The van der Waals surface area contributed by atoms with E-state index in [2.05, 4.69) is 28.3 Å². The van der Waals surface area contributed by atoms with Crippen molar-refractivity contribution in [3.05, 3.63) is 78.0 Å². The van der Waals surface area contributed by atoms with Gasteiger partial charge in [-0.05, 0) is 56.3 Å². The van der Waals surface area contributed by atoms with Crippen molar-refractivity contribution in [1.29, 1.82) is 0 Å². The molecule has 0 amide bonds. The number of imidazole rings is 1. The lowest BCUT2D eigenvalue weighted by Gasteiger charge is -2.26. The number of aromatic nitrogens is 5. The van der Waals surface area contributed by atoms with Gasteiger partial charge in [-0.2, -0.15) is 5.10 Å². The van der Waals surface area contributed by atoms with Crippen LogP contribution in [-0.2, 0) is 0 Å². The molecule has 0 atom stereocenters. The summed E-state index contributed by atoms with van der Waals surface area (Å²) in [6, 6.07) is 18.3. The molecule has 5 aromatic rings. The summed E-state index contributed by atoms with van der Waals surface area (Å²) >= 11 is 6.80. The molecule has 1 saturated carbocycles. The van der Waals surface area contributed by atoms with Gasteiger partial charge in [-0.1, -0.05) is 48.0 Å². The molecule has 3 aromatic heterocycles. The van der Waals surface area contributed by atoms with Crippen LogP contribution in [0.25, 0.3) is 38.9 Å². The van der Waals surface area contributed by atoms with Gasteiger partial charge in [-0.15, -0.1) is 0 Å². The number of nitrogens with two attached hydrogens (primary N) is 1. The maximum Gasteiger partial charge on any atom is 0.136 e. The number of pyridine rings is 1. The third kappa shape index (κ3) is 3.73. The van der Waals surface area contributed by atoms with Crippen molar-refractivity contribution >= 4 is 28.0 Å². The molecule has 0 unspecified atom stereocenters. The Kier molecular flexibility index (Phi) is 5.47. The highest BCUT2D eigenvalue weighted by molar-refractivity contribution is 6.34. The largest absolute Gasteiger partial charge is 0.330 e. The molecule has 0 bridgehead atoms. The first-order chi connectivity index (χ1) is 16.7. The van der Waals surface area contributed by atoms with Gasteiger partial charge in [-0.25, -0.2) is 19.5 Å². The van der Waals surface area contributed by atoms with Crippen LogP contribution in [0.1, 0.15) is 37.4 Å². The zero-order chi connectivity index (χ0) is 23.1. The van der Waals surface area contributed by atoms with E-state index in [1.54, 1.807) is 6.33 Å². The lowest BCUT2D eigenvalue weighted by atomic mass is 9.82. The average Bonchev–Trinajstić information content (AvgIpc) is 3.28. The van der Waals surface area contributed by atoms with Gasteiger partial charge in [0.2, 0.25) is 0 Å². The molecule has 170 valence electrons. The smallest absolute Gasteiger partial charge is 0.136 e. The van der Waals surface area contributed by atoms with Gasteiger partial charge in [0, 0.05) is 22.4 Å². The highest BCUT2D eigenvalue weighted by Gasteiger charge is 2.27. The number of hydrogen-bond donors (Lipinski definition) is 1. The third-order valence-electron chi connectivity index (χ3n) is 6.99. The molecule has 0 radical (unpaired) electrons. The predicted molar refractivity (Wildman–Crippen MR) is 136 cm³/mol. The predicted octanol–water partition coefficient (Wildman–Crippen LogP) is 5.89. The van der Waals surface area contributed by atoms with Crippen LogP contribution in [0.3, 0.4) is 0 Å². The van der Waals surface area contributed by atoms with Crippen LogP contribution in [0.4, 0.5) is 0 Å². The summed E-state index contributed by atoms with van der Waals surface area (Å²) < 4.78 is 1.93. The van der Waals surface area contributed by atoms with Crippen molar-refractivity contribution in [2.75, 3.05) is 6.54 Å². The first-order valence-corrected chi connectivity index (χ1v) is 12.1. The normalized spacial score (nSPS) is 18.5. The van der Waals surface area contributed by atoms with Crippen LogP contribution in [-0.4, -0.2) is 31.1 Å². The van der Waals surface area contributed by atoms with Gasteiger partial charge in [0.15, 0.2) is 0 Å². The summed E-state index contributed by atoms with van der Waals surface area (Å²) in [6.07, 6.45) is 7.77. The first-order valence-electron chi connectivity index (χ1n) is 11.8. The van der Waals surface area contributed by atoms with Crippen LogP contribution in [0.5, 0.6) is 0 Å². The van der Waals surface area contributed by atoms with Crippen molar-refractivity contribution in [2.45, 2.75) is 31.6 Å². The van der Waals surface area contributed by atoms with Crippen LogP contribution in [0.2, 0.25) is 5.02 Å². The highest BCUT2D eigenvalue weighted by Crippen LogP contribution is 2.39. The van der Waals surface area contributed by atoms with Crippen molar-refractivity contribution in [3.63, 3.8) is 0 Å². The monoisotopic (exact) mass is 468 g/mol. The van der Waals surface area contributed by atoms with Gasteiger partial charge in [-0.3, -0.25) is 0 Å². The second-order valence-corrected chi connectivity index (χ2v) is 9.47. The molecule has 6 rings (SSSR count). The molecule has 0 saturated heterocycles. The Morgan fingerprint density at radius 1 is 0.971 bits per heavy atom. The minimum absolute atomic E-state index is 0.348. The molecule has 2 aromatic carbocycles. The van der Waals surface area contributed by atoms with Crippen molar-refractivity contribution < 1.29 is 0 Å². The van der Waals surface area contributed by atoms with Crippen LogP contribution in [0, 0.1) is 5.92 Å². The molecule has 2 N–H and O–H groups in total. The average molecular weight is 469 g/mol. The van der Waals surface area contributed by atoms with E-state index < -0.39 is 0 Å². The molecule has 0 spiro atoms. The third-order valence-corrected chi connectivity index (χ3v) is 7.31. The second kappa shape index (κ2) is 8.78. The molecule has 1 fully saturated rings. The maximum absolute atomic E-state index is 6.80. The van der Waals surface area contributed by atoms with E-state index in [9.17, 15) is 0 Å². The number of benzene rings is 2. The second-order valence-electron chi connectivity index (χ2n) is 9.07. The fourth-order valence-electron chi connectivity index (χ4n) is 5.08. The van der Waals surface area contributed by atoms with Gasteiger partial charge in [0.1, 0.15) is 23.4 Å². The molecular formula is C27H25ClN6. The van der Waals surface area contributed by atoms with E-state index in [1.165, 1.54) is 0 Å². The fourth-order valence-corrected chi connectivity index (χ4v) is 5.34. The minimum Gasteiger partial charge on any atom is -0.330 e. The number of halogens is 1. The Balaban J connectivity index is 1.47. The Morgan fingerprint density at radius 3 is 2.59 bits per heavy atom. The molecule has 3 heterocycles. The molecule has 34 heavy (non-hydrogen) atoms. The van der Waals surface area contributed by atoms with E-state index in [-0.39, 0.29) is 0 Å². The maximum atomic E-state index is 6.80. The Hall–Kier alpha value is -3.35. The quantitative estimate of drug-likeness (QED) is 0.355. The molecule has 6 nitrogen and oxygen atoms in total. The number of rotatable bonds is 4. The van der Waals surface area contributed by atoms with Crippen molar-refractivity contribution in [3.8, 4) is 22.5 Å².